The molecule has 0 aliphatic rings. The Kier molecular flexibility index (Phi) is 6.66. The Hall–Kier alpha value is -1.89. The molecule has 4 nitrogen and oxygen atoms in total. The number of benzene rings is 1. The smallest absolute Gasteiger partial charge is 0.166 e. The standard InChI is InChI=1S/C20H26N4S2/c1-24(2)11-6-10-21-20(25)23-14-17(19-9-5-12-26-19)16-13-22-18-8-4-3-7-15(16)18/h3-5,7-9,12-13,17,22H,6,10-11,14H2,1-2H3,(H2,21,23,25)/p+1/t17-/m0/s1. The van der Waals surface area contributed by atoms with Gasteiger partial charge < -0.3 is 20.5 Å². The van der Waals surface area contributed by atoms with Crippen molar-refractivity contribution in [3.8, 4) is 0 Å². The van der Waals surface area contributed by atoms with Gasteiger partial charge in [0.2, 0.25) is 0 Å². The molecule has 0 bridgehead atoms. The van der Waals surface area contributed by atoms with Crippen molar-refractivity contribution in [3.05, 3.63) is 58.4 Å². The second-order valence-electron chi connectivity index (χ2n) is 6.81. The predicted molar refractivity (Wildman–Crippen MR) is 115 cm³/mol. The third-order valence-electron chi connectivity index (χ3n) is 4.49. The van der Waals surface area contributed by atoms with Gasteiger partial charge in [0.25, 0.3) is 0 Å². The first-order valence-corrected chi connectivity index (χ1v) is 10.3. The molecule has 0 spiro atoms. The van der Waals surface area contributed by atoms with E-state index in [2.05, 4.69) is 77.7 Å². The van der Waals surface area contributed by atoms with E-state index in [1.165, 1.54) is 26.2 Å². The number of H-pyrrole nitrogens is 1. The molecule has 6 heteroatoms. The summed E-state index contributed by atoms with van der Waals surface area (Å²) in [6.07, 6.45) is 3.24. The molecule has 3 aromatic rings. The van der Waals surface area contributed by atoms with Gasteiger partial charge in [0, 0.05) is 47.4 Å². The Morgan fingerprint density at radius 1 is 1.19 bits per heavy atom. The highest BCUT2D eigenvalue weighted by molar-refractivity contribution is 7.80. The molecule has 2 aromatic heterocycles. The minimum absolute atomic E-state index is 0.275. The zero-order valence-electron chi connectivity index (χ0n) is 15.3. The van der Waals surface area contributed by atoms with Crippen LogP contribution in [0.3, 0.4) is 0 Å². The normalized spacial score (nSPS) is 12.4. The molecule has 2 heterocycles. The van der Waals surface area contributed by atoms with Gasteiger partial charge in [-0.05, 0) is 35.3 Å². The first-order chi connectivity index (χ1) is 12.6. The molecule has 138 valence electrons. The first kappa shape index (κ1) is 18.9. The Labute approximate surface area is 164 Å². The topological polar surface area (TPSA) is 44.3 Å². The van der Waals surface area contributed by atoms with E-state index in [1.807, 2.05) is 0 Å². The Bertz CT molecular complexity index is 823. The van der Waals surface area contributed by atoms with Crippen molar-refractivity contribution in [2.45, 2.75) is 12.3 Å². The average Bonchev–Trinajstić information content (AvgIpc) is 3.29. The molecule has 26 heavy (non-hydrogen) atoms. The second kappa shape index (κ2) is 9.16. The highest BCUT2D eigenvalue weighted by Crippen LogP contribution is 2.32. The van der Waals surface area contributed by atoms with E-state index in [0.29, 0.717) is 0 Å². The van der Waals surface area contributed by atoms with Gasteiger partial charge in [-0.25, -0.2) is 0 Å². The summed E-state index contributed by atoms with van der Waals surface area (Å²) in [6, 6.07) is 12.8. The number of hydrogen-bond acceptors (Lipinski definition) is 2. The Morgan fingerprint density at radius 2 is 2.04 bits per heavy atom. The third kappa shape index (κ3) is 4.84. The van der Waals surface area contributed by atoms with Gasteiger partial charge in [0.15, 0.2) is 5.11 Å². The van der Waals surface area contributed by atoms with E-state index in [9.17, 15) is 0 Å². The van der Waals surface area contributed by atoms with Gasteiger partial charge in [0.1, 0.15) is 0 Å². The summed E-state index contributed by atoms with van der Waals surface area (Å²) in [5.41, 5.74) is 2.49. The summed E-state index contributed by atoms with van der Waals surface area (Å²) in [6.45, 7) is 2.84. The van der Waals surface area contributed by atoms with Crippen LogP contribution in [0.1, 0.15) is 22.8 Å². The van der Waals surface area contributed by atoms with Crippen molar-refractivity contribution < 1.29 is 4.90 Å². The number of aromatic nitrogens is 1. The van der Waals surface area contributed by atoms with Crippen molar-refractivity contribution >= 4 is 39.6 Å². The molecule has 1 atom stereocenters. The van der Waals surface area contributed by atoms with Gasteiger partial charge in [-0.15, -0.1) is 11.3 Å². The van der Waals surface area contributed by atoms with Crippen LogP contribution in [0.25, 0.3) is 10.9 Å². The zero-order chi connectivity index (χ0) is 18.4. The highest BCUT2D eigenvalue weighted by atomic mass is 32.1. The van der Waals surface area contributed by atoms with Crippen LogP contribution in [0.2, 0.25) is 0 Å². The molecule has 0 saturated carbocycles. The fourth-order valence-corrected chi connectivity index (χ4v) is 4.17. The summed E-state index contributed by atoms with van der Waals surface area (Å²) in [4.78, 5) is 6.21. The van der Waals surface area contributed by atoms with Gasteiger partial charge >= 0.3 is 0 Å². The van der Waals surface area contributed by atoms with E-state index in [-0.39, 0.29) is 5.92 Å². The molecule has 0 amide bonds. The van der Waals surface area contributed by atoms with Crippen molar-refractivity contribution in [2.75, 3.05) is 33.7 Å². The lowest BCUT2D eigenvalue weighted by Gasteiger charge is -2.18. The molecule has 3 rings (SSSR count). The number of thiophene rings is 1. The van der Waals surface area contributed by atoms with Gasteiger partial charge in [-0.1, -0.05) is 24.3 Å². The average molecular weight is 388 g/mol. The summed E-state index contributed by atoms with van der Waals surface area (Å²) < 4.78 is 0. The molecule has 1 aromatic carbocycles. The Balaban J connectivity index is 1.66. The van der Waals surface area contributed by atoms with Crippen LogP contribution < -0.4 is 15.5 Å². The lowest BCUT2D eigenvalue weighted by Crippen LogP contribution is -3.05. The summed E-state index contributed by atoms with van der Waals surface area (Å²) in [7, 11) is 4.34. The van der Waals surface area contributed by atoms with E-state index >= 15 is 0 Å². The number of hydrogen-bond donors (Lipinski definition) is 4. The molecule has 0 aliphatic heterocycles. The van der Waals surface area contributed by atoms with E-state index in [1.54, 1.807) is 11.3 Å². The minimum Gasteiger partial charge on any atom is -0.363 e. The largest absolute Gasteiger partial charge is 0.363 e. The maximum absolute atomic E-state index is 5.47. The number of rotatable bonds is 8. The van der Waals surface area contributed by atoms with Crippen LogP contribution >= 0.6 is 23.6 Å². The summed E-state index contributed by atoms with van der Waals surface area (Å²) >= 11 is 7.27. The predicted octanol–water partition coefficient (Wildman–Crippen LogP) is 2.36. The monoisotopic (exact) mass is 387 g/mol. The zero-order valence-corrected chi connectivity index (χ0v) is 17.0. The highest BCUT2D eigenvalue weighted by Gasteiger charge is 2.19. The maximum Gasteiger partial charge on any atom is 0.166 e. The first-order valence-electron chi connectivity index (χ1n) is 9.05. The van der Waals surface area contributed by atoms with Crippen LogP contribution in [0.15, 0.2) is 48.0 Å². The number of para-hydroxylation sites is 1. The molecule has 0 aliphatic carbocycles. The number of nitrogens with one attached hydrogen (secondary N) is 4. The quantitative estimate of drug-likeness (QED) is 0.354. The summed E-state index contributed by atoms with van der Waals surface area (Å²) in [5.74, 6) is 0.275. The van der Waals surface area contributed by atoms with E-state index in [0.717, 1.165) is 31.2 Å². The van der Waals surface area contributed by atoms with Crippen LogP contribution in [0, 0.1) is 0 Å². The molecular formula is C20H27N4S2+. The second-order valence-corrected chi connectivity index (χ2v) is 8.19. The lowest BCUT2D eigenvalue weighted by atomic mass is 9.97. The Morgan fingerprint density at radius 3 is 2.81 bits per heavy atom. The molecular weight excluding hydrogens is 360 g/mol. The van der Waals surface area contributed by atoms with Crippen LogP contribution in [-0.4, -0.2) is 43.8 Å². The van der Waals surface area contributed by atoms with Crippen LogP contribution in [0.4, 0.5) is 0 Å². The maximum atomic E-state index is 5.47. The molecule has 0 radical (unpaired) electrons. The summed E-state index contributed by atoms with van der Waals surface area (Å²) in [5, 5.41) is 10.9. The van der Waals surface area contributed by atoms with Crippen molar-refractivity contribution in [1.82, 2.24) is 15.6 Å². The fraction of sp³-hybridized carbons (Fsp3) is 0.350. The third-order valence-corrected chi connectivity index (χ3v) is 5.76. The van der Waals surface area contributed by atoms with Gasteiger partial charge in [0.05, 0.1) is 20.6 Å². The van der Waals surface area contributed by atoms with E-state index < -0.39 is 0 Å². The van der Waals surface area contributed by atoms with Gasteiger partial charge in [-0.3, -0.25) is 0 Å². The molecule has 0 fully saturated rings. The molecule has 0 saturated heterocycles. The van der Waals surface area contributed by atoms with Crippen molar-refractivity contribution in [1.29, 1.82) is 0 Å². The van der Waals surface area contributed by atoms with Crippen molar-refractivity contribution in [2.24, 2.45) is 0 Å². The number of fused-ring (bicyclic) bond motifs is 1. The van der Waals surface area contributed by atoms with Crippen LogP contribution in [-0.2, 0) is 0 Å². The number of thiocarbonyl (C=S) groups is 1. The fourth-order valence-electron chi connectivity index (χ4n) is 3.14. The minimum atomic E-state index is 0.275. The van der Waals surface area contributed by atoms with E-state index in [4.69, 9.17) is 12.2 Å². The SMILES string of the molecule is C[NH+](C)CCCNC(=S)NC[C@H](c1cccs1)c1c[nH]c2ccccc12. The lowest BCUT2D eigenvalue weighted by molar-refractivity contribution is -0.858. The van der Waals surface area contributed by atoms with Crippen molar-refractivity contribution in [3.63, 3.8) is 0 Å². The molecule has 0 unspecified atom stereocenters. The van der Waals surface area contributed by atoms with Gasteiger partial charge in [-0.2, -0.15) is 0 Å². The number of aromatic amines is 1. The number of quaternary nitrogens is 1. The van der Waals surface area contributed by atoms with Crippen LogP contribution in [0.5, 0.6) is 0 Å². The molecule has 4 N–H and O–H groups in total.